The minimum Gasteiger partial charge on any atom is -0.342 e. The van der Waals surface area contributed by atoms with Crippen LogP contribution in [-0.4, -0.2) is 54.8 Å². The van der Waals surface area contributed by atoms with Crippen molar-refractivity contribution in [1.29, 1.82) is 0 Å². The molecule has 0 aliphatic rings. The molecule has 0 aliphatic carbocycles. The van der Waals surface area contributed by atoms with Crippen LogP contribution in [0, 0.1) is 11.8 Å². The van der Waals surface area contributed by atoms with E-state index in [1.54, 1.807) is 18.0 Å². The molecule has 0 radical (unpaired) electrons. The Balaban J connectivity index is 2.79. The molecule has 1 heterocycles. The molecule has 0 saturated carbocycles. The topological polar surface area (TPSA) is 66.6 Å². The highest BCUT2D eigenvalue weighted by Crippen LogP contribution is 2.17. The lowest BCUT2D eigenvalue weighted by Crippen LogP contribution is -2.41. The average molecular weight is 307 g/mol. The zero-order chi connectivity index (χ0) is 15.8. The normalized spacial score (nSPS) is 9.71. The zero-order valence-corrected chi connectivity index (χ0v) is 13.5. The first-order valence-corrected chi connectivity index (χ1v) is 7.72. The Morgan fingerprint density at radius 2 is 2.00 bits per heavy atom. The van der Waals surface area contributed by atoms with Gasteiger partial charge in [0.1, 0.15) is 4.88 Å². The largest absolute Gasteiger partial charge is 0.342 e. The Morgan fingerprint density at radius 1 is 1.33 bits per heavy atom. The summed E-state index contributed by atoms with van der Waals surface area (Å²) in [6.45, 7) is 5.45. The Kier molecular flexibility index (Phi) is 6.92. The van der Waals surface area contributed by atoms with Gasteiger partial charge in [-0.1, -0.05) is 11.8 Å². The number of amides is 2. The van der Waals surface area contributed by atoms with Crippen LogP contribution in [-0.2, 0) is 4.79 Å². The van der Waals surface area contributed by atoms with Gasteiger partial charge in [0.05, 0.1) is 13.1 Å². The van der Waals surface area contributed by atoms with Crippen molar-refractivity contribution < 1.29 is 9.59 Å². The number of carbonyl (C=O) groups is 2. The van der Waals surface area contributed by atoms with Crippen molar-refractivity contribution in [1.82, 2.24) is 9.80 Å². The van der Waals surface area contributed by atoms with Gasteiger partial charge < -0.3 is 15.5 Å². The second kappa shape index (κ2) is 8.45. The van der Waals surface area contributed by atoms with Gasteiger partial charge in [-0.25, -0.2) is 0 Å². The van der Waals surface area contributed by atoms with E-state index in [0.717, 1.165) is 0 Å². The predicted molar refractivity (Wildman–Crippen MR) is 85.1 cm³/mol. The van der Waals surface area contributed by atoms with Crippen LogP contribution in [0.3, 0.4) is 0 Å². The molecular weight excluding hydrogens is 286 g/mol. The molecule has 0 unspecified atom stereocenters. The summed E-state index contributed by atoms with van der Waals surface area (Å²) in [6, 6.07) is 1.79. The van der Waals surface area contributed by atoms with Crippen LogP contribution in [0.1, 0.15) is 29.1 Å². The summed E-state index contributed by atoms with van der Waals surface area (Å²) >= 11 is 1.32. The molecule has 5 nitrogen and oxygen atoms in total. The van der Waals surface area contributed by atoms with Crippen LogP contribution in [0.2, 0.25) is 0 Å². The quantitative estimate of drug-likeness (QED) is 0.825. The van der Waals surface area contributed by atoms with Crippen LogP contribution in [0.5, 0.6) is 0 Å². The number of rotatable bonds is 5. The molecule has 0 aromatic carbocycles. The summed E-state index contributed by atoms with van der Waals surface area (Å²) in [5, 5.41) is 1.81. The van der Waals surface area contributed by atoms with Crippen LogP contribution in [0.4, 0.5) is 0 Å². The molecule has 1 aromatic rings. The van der Waals surface area contributed by atoms with E-state index in [1.165, 1.54) is 16.2 Å². The first-order valence-electron chi connectivity index (χ1n) is 6.84. The molecule has 0 bridgehead atoms. The summed E-state index contributed by atoms with van der Waals surface area (Å²) in [5.41, 5.74) is 6.01. The third kappa shape index (κ3) is 4.59. The van der Waals surface area contributed by atoms with E-state index < -0.39 is 0 Å². The standard InChI is InChI=1S/C15H21N3O2S/c1-4-18(5-2)13(19)11-17(3)15(20)14-12(7-6-9-16)8-10-21-14/h8,10H,4-5,9,11,16H2,1-3H3. The van der Waals surface area contributed by atoms with E-state index in [2.05, 4.69) is 11.8 Å². The van der Waals surface area contributed by atoms with Crippen LogP contribution in [0.15, 0.2) is 11.4 Å². The number of likely N-dealkylation sites (N-methyl/N-ethyl adjacent to an activating group) is 2. The van der Waals surface area contributed by atoms with Gasteiger partial charge in [-0.15, -0.1) is 11.3 Å². The van der Waals surface area contributed by atoms with Crippen molar-refractivity contribution in [2.45, 2.75) is 13.8 Å². The lowest BCUT2D eigenvalue weighted by molar-refractivity contribution is -0.131. The molecule has 6 heteroatoms. The highest BCUT2D eigenvalue weighted by atomic mass is 32.1. The average Bonchev–Trinajstić information content (AvgIpc) is 2.93. The monoisotopic (exact) mass is 307 g/mol. The number of nitrogens with zero attached hydrogens (tertiary/aromatic N) is 2. The molecule has 0 fully saturated rings. The maximum Gasteiger partial charge on any atom is 0.265 e. The molecule has 0 spiro atoms. The van der Waals surface area contributed by atoms with Crippen LogP contribution < -0.4 is 5.73 Å². The predicted octanol–water partition coefficient (Wildman–Crippen LogP) is 0.999. The van der Waals surface area contributed by atoms with Crippen molar-refractivity contribution in [3.63, 3.8) is 0 Å². The smallest absolute Gasteiger partial charge is 0.265 e. The Hall–Kier alpha value is -1.84. The third-order valence-corrected chi connectivity index (χ3v) is 3.92. The number of hydrogen-bond donors (Lipinski definition) is 1. The maximum atomic E-state index is 12.4. The lowest BCUT2D eigenvalue weighted by Gasteiger charge is -2.23. The fourth-order valence-electron chi connectivity index (χ4n) is 1.84. The van der Waals surface area contributed by atoms with Crippen LogP contribution >= 0.6 is 11.3 Å². The summed E-state index contributed by atoms with van der Waals surface area (Å²) in [6.07, 6.45) is 0. The van der Waals surface area contributed by atoms with E-state index >= 15 is 0 Å². The van der Waals surface area contributed by atoms with E-state index in [-0.39, 0.29) is 24.9 Å². The minimum atomic E-state index is -0.188. The number of thiophene rings is 1. The highest BCUT2D eigenvalue weighted by Gasteiger charge is 2.20. The Bertz CT molecular complexity index is 553. The first-order chi connectivity index (χ1) is 10.0. The van der Waals surface area contributed by atoms with Gasteiger partial charge in [-0.3, -0.25) is 9.59 Å². The van der Waals surface area contributed by atoms with Crippen molar-refractivity contribution in [3.8, 4) is 11.8 Å². The molecule has 1 aromatic heterocycles. The molecule has 2 amide bonds. The van der Waals surface area contributed by atoms with Gasteiger partial charge in [0.2, 0.25) is 5.91 Å². The molecule has 2 N–H and O–H groups in total. The first kappa shape index (κ1) is 17.2. The van der Waals surface area contributed by atoms with Gasteiger partial charge >= 0.3 is 0 Å². The molecule has 0 saturated heterocycles. The van der Waals surface area contributed by atoms with Gasteiger partial charge in [0, 0.05) is 25.7 Å². The number of nitrogens with two attached hydrogens (primary N) is 1. The fraction of sp³-hybridized carbons (Fsp3) is 0.467. The molecule has 1 rings (SSSR count). The molecule has 114 valence electrons. The van der Waals surface area contributed by atoms with Crippen LogP contribution in [0.25, 0.3) is 0 Å². The van der Waals surface area contributed by atoms with Crippen molar-refractivity contribution in [2.75, 3.05) is 33.2 Å². The zero-order valence-electron chi connectivity index (χ0n) is 12.7. The third-order valence-electron chi connectivity index (χ3n) is 3.02. The highest BCUT2D eigenvalue weighted by molar-refractivity contribution is 7.12. The van der Waals surface area contributed by atoms with Gasteiger partial charge in [0.15, 0.2) is 0 Å². The van der Waals surface area contributed by atoms with Gasteiger partial charge in [-0.2, -0.15) is 0 Å². The minimum absolute atomic E-state index is 0.0537. The Labute approximate surface area is 129 Å². The summed E-state index contributed by atoms with van der Waals surface area (Å²) in [7, 11) is 1.63. The maximum absolute atomic E-state index is 12.4. The number of hydrogen-bond acceptors (Lipinski definition) is 4. The van der Waals surface area contributed by atoms with E-state index in [9.17, 15) is 9.59 Å². The SMILES string of the molecule is CCN(CC)C(=O)CN(C)C(=O)c1sccc1C#CCN. The second-order valence-electron chi connectivity index (χ2n) is 4.40. The molecule has 0 aliphatic heterocycles. The molecule has 21 heavy (non-hydrogen) atoms. The van der Waals surface area contributed by atoms with Gasteiger partial charge in [0.25, 0.3) is 5.91 Å². The summed E-state index contributed by atoms with van der Waals surface area (Å²) in [5.74, 6) is 5.38. The summed E-state index contributed by atoms with van der Waals surface area (Å²) < 4.78 is 0. The van der Waals surface area contributed by atoms with E-state index in [1.807, 2.05) is 19.2 Å². The molecular formula is C15H21N3O2S. The van der Waals surface area contributed by atoms with Crippen molar-refractivity contribution in [3.05, 3.63) is 21.9 Å². The van der Waals surface area contributed by atoms with Crippen molar-refractivity contribution in [2.24, 2.45) is 5.73 Å². The van der Waals surface area contributed by atoms with E-state index in [0.29, 0.717) is 23.5 Å². The molecule has 0 atom stereocenters. The fourth-order valence-corrected chi connectivity index (χ4v) is 2.69. The van der Waals surface area contributed by atoms with Crippen molar-refractivity contribution >= 4 is 23.2 Å². The van der Waals surface area contributed by atoms with Gasteiger partial charge in [-0.05, 0) is 25.3 Å². The lowest BCUT2D eigenvalue weighted by atomic mass is 10.2. The Morgan fingerprint density at radius 3 is 2.57 bits per heavy atom. The summed E-state index contributed by atoms with van der Waals surface area (Å²) in [4.78, 5) is 28.1. The van der Waals surface area contributed by atoms with E-state index in [4.69, 9.17) is 5.73 Å². The second-order valence-corrected chi connectivity index (χ2v) is 5.31. The number of carbonyl (C=O) groups excluding carboxylic acids is 2.